The topological polar surface area (TPSA) is 108 Å². The molecule has 2 N–H and O–H groups in total. The van der Waals surface area contributed by atoms with E-state index >= 15 is 0 Å². The zero-order valence-corrected chi connectivity index (χ0v) is 20.3. The van der Waals surface area contributed by atoms with Gasteiger partial charge in [-0.15, -0.1) is 0 Å². The van der Waals surface area contributed by atoms with Gasteiger partial charge in [-0.1, -0.05) is 25.5 Å². The van der Waals surface area contributed by atoms with Crippen LogP contribution in [0.25, 0.3) is 0 Å². The first kappa shape index (κ1) is 22.9. The first-order valence-corrected chi connectivity index (χ1v) is 12.5. The number of epoxide rings is 1. The first-order chi connectivity index (χ1) is 15.5. The lowest BCUT2D eigenvalue weighted by Crippen LogP contribution is -2.55. The second-order valence-corrected chi connectivity index (χ2v) is 11.6. The van der Waals surface area contributed by atoms with Gasteiger partial charge in [0.2, 0.25) is 5.60 Å². The monoisotopic (exact) mass is 459 g/mol. The summed E-state index contributed by atoms with van der Waals surface area (Å²) in [6.45, 7) is 7.43. The molecule has 7 nitrogen and oxygen atoms in total. The molecular formula is C26H37NO6. The molecule has 5 aliphatic rings. The molecule has 33 heavy (non-hydrogen) atoms. The van der Waals surface area contributed by atoms with Crippen molar-refractivity contribution in [1.82, 2.24) is 0 Å². The number of carbonyl (C=O) groups is 3. The average Bonchev–Trinajstić information content (AvgIpc) is 3.33. The number of hydrogen-bond donors (Lipinski definition) is 1. The Hall–Kier alpha value is -1.89. The van der Waals surface area contributed by atoms with Gasteiger partial charge in [0.25, 0.3) is 5.91 Å². The lowest BCUT2D eigenvalue weighted by Gasteiger charge is -2.58. The highest BCUT2D eigenvalue weighted by Crippen LogP contribution is 2.75. The molecule has 0 aromatic rings. The van der Waals surface area contributed by atoms with E-state index in [0.29, 0.717) is 17.8 Å². The smallest absolute Gasteiger partial charge is 0.302 e. The molecule has 7 heteroatoms. The maximum atomic E-state index is 12.6. The number of amides is 1. The second-order valence-electron chi connectivity index (χ2n) is 11.6. The maximum absolute atomic E-state index is 12.6. The van der Waals surface area contributed by atoms with Gasteiger partial charge in [0.05, 0.1) is 0 Å². The van der Waals surface area contributed by atoms with Crippen LogP contribution in [0.4, 0.5) is 0 Å². The number of rotatable bonds is 4. The van der Waals surface area contributed by atoms with E-state index in [1.54, 1.807) is 0 Å². The molecule has 3 saturated carbocycles. The molecule has 182 valence electrons. The van der Waals surface area contributed by atoms with Gasteiger partial charge < -0.3 is 19.9 Å². The Kier molecular flexibility index (Phi) is 5.06. The molecule has 8 atom stereocenters. The molecule has 4 fully saturated rings. The second kappa shape index (κ2) is 7.30. The SMILES string of the molecule is CC(=O)OC[C@]1(C(N)=O)O[C@]12CC[C@@H]1[C@H]3CC=C4C[C@@H](OC(C)=O)CC[C@]4(C)[C@@H]3CC[C@]12C. The van der Waals surface area contributed by atoms with Crippen LogP contribution < -0.4 is 5.73 Å². The van der Waals surface area contributed by atoms with Crippen molar-refractivity contribution < 1.29 is 28.6 Å². The number of fused-ring (bicyclic) bond motifs is 6. The Morgan fingerprint density at radius 3 is 2.45 bits per heavy atom. The molecular weight excluding hydrogens is 422 g/mol. The zero-order chi connectivity index (χ0) is 23.8. The van der Waals surface area contributed by atoms with Crippen LogP contribution in [0.2, 0.25) is 0 Å². The Labute approximate surface area is 195 Å². The van der Waals surface area contributed by atoms with Gasteiger partial charge in [-0.3, -0.25) is 14.4 Å². The zero-order valence-electron chi connectivity index (χ0n) is 20.3. The number of ether oxygens (including phenoxy) is 3. The summed E-state index contributed by atoms with van der Waals surface area (Å²) < 4.78 is 17.1. The van der Waals surface area contributed by atoms with E-state index in [9.17, 15) is 14.4 Å². The summed E-state index contributed by atoms with van der Waals surface area (Å²) in [7, 11) is 0. The molecule has 1 saturated heterocycles. The van der Waals surface area contributed by atoms with Gasteiger partial charge in [-0.2, -0.15) is 0 Å². The highest BCUT2D eigenvalue weighted by molar-refractivity contribution is 5.89. The molecule has 1 heterocycles. The molecule has 1 amide bonds. The van der Waals surface area contributed by atoms with E-state index in [1.807, 2.05) is 0 Å². The van der Waals surface area contributed by atoms with Crippen LogP contribution in [-0.2, 0) is 28.6 Å². The van der Waals surface area contributed by atoms with E-state index in [0.717, 1.165) is 51.4 Å². The van der Waals surface area contributed by atoms with Crippen molar-refractivity contribution >= 4 is 17.8 Å². The maximum Gasteiger partial charge on any atom is 0.302 e. The summed E-state index contributed by atoms with van der Waals surface area (Å²) in [5.74, 6) is 0.417. The van der Waals surface area contributed by atoms with Crippen molar-refractivity contribution in [2.75, 3.05) is 6.61 Å². The summed E-state index contributed by atoms with van der Waals surface area (Å²) in [6, 6.07) is 0. The number of esters is 2. The Morgan fingerprint density at radius 2 is 1.79 bits per heavy atom. The Bertz CT molecular complexity index is 930. The van der Waals surface area contributed by atoms with Crippen LogP contribution >= 0.6 is 0 Å². The van der Waals surface area contributed by atoms with Gasteiger partial charge in [0, 0.05) is 25.7 Å². The van der Waals surface area contributed by atoms with Crippen molar-refractivity contribution in [1.29, 1.82) is 0 Å². The van der Waals surface area contributed by atoms with E-state index in [-0.39, 0.29) is 29.5 Å². The number of allylic oxidation sites excluding steroid dienone is 1. The van der Waals surface area contributed by atoms with Crippen molar-refractivity contribution in [3.8, 4) is 0 Å². The van der Waals surface area contributed by atoms with Gasteiger partial charge in [0.1, 0.15) is 18.3 Å². The van der Waals surface area contributed by atoms with Crippen LogP contribution in [0.1, 0.15) is 79.1 Å². The predicted octanol–water partition coefficient (Wildman–Crippen LogP) is 3.44. The molecule has 0 radical (unpaired) electrons. The summed E-state index contributed by atoms with van der Waals surface area (Å²) >= 11 is 0. The van der Waals surface area contributed by atoms with Crippen LogP contribution in [0, 0.1) is 28.6 Å². The van der Waals surface area contributed by atoms with Gasteiger partial charge in [0.15, 0.2) is 0 Å². The third-order valence-electron chi connectivity index (χ3n) is 10.3. The van der Waals surface area contributed by atoms with Crippen molar-refractivity contribution in [2.45, 2.75) is 96.4 Å². The normalized spacial score (nSPS) is 47.6. The van der Waals surface area contributed by atoms with Crippen LogP contribution in [0.5, 0.6) is 0 Å². The standard InChI is InChI=1S/C26H37NO6/c1-15(28)31-14-25(22(27)30)26(33-25)12-9-21-19-6-5-17-13-18(32-16(2)29)7-10-23(17,3)20(19)8-11-24(21,26)4/h5,18-21H,6-14H2,1-4H3,(H2,27,30)/t18-,19-,20+,21+,23-,24+,25+,26-/m0/s1. The van der Waals surface area contributed by atoms with Crippen molar-refractivity contribution in [2.24, 2.45) is 34.3 Å². The molecule has 1 spiro atoms. The minimum atomic E-state index is -1.20. The van der Waals surface area contributed by atoms with Crippen molar-refractivity contribution in [3.63, 3.8) is 0 Å². The van der Waals surface area contributed by atoms with Gasteiger partial charge >= 0.3 is 11.9 Å². The quantitative estimate of drug-likeness (QED) is 0.392. The minimum absolute atomic E-state index is 0.000644. The third-order valence-corrected chi connectivity index (χ3v) is 10.3. The molecule has 0 bridgehead atoms. The summed E-state index contributed by atoms with van der Waals surface area (Å²) in [4.78, 5) is 35.5. The minimum Gasteiger partial charge on any atom is -0.462 e. The predicted molar refractivity (Wildman–Crippen MR) is 120 cm³/mol. The third kappa shape index (κ3) is 3.00. The van der Waals surface area contributed by atoms with Gasteiger partial charge in [-0.05, 0) is 68.1 Å². The van der Waals surface area contributed by atoms with Crippen LogP contribution in [0.3, 0.4) is 0 Å². The lowest BCUT2D eigenvalue weighted by molar-refractivity contribution is -0.148. The van der Waals surface area contributed by atoms with E-state index in [2.05, 4.69) is 19.9 Å². The highest BCUT2D eigenvalue weighted by Gasteiger charge is 2.84. The Morgan fingerprint density at radius 1 is 1.06 bits per heavy atom. The molecule has 0 unspecified atom stereocenters. The van der Waals surface area contributed by atoms with Crippen LogP contribution in [-0.4, -0.2) is 41.8 Å². The molecule has 5 rings (SSSR count). The summed E-state index contributed by atoms with van der Waals surface area (Å²) in [5, 5.41) is 0. The van der Waals surface area contributed by atoms with E-state index in [4.69, 9.17) is 19.9 Å². The van der Waals surface area contributed by atoms with Gasteiger partial charge in [-0.25, -0.2) is 0 Å². The highest BCUT2D eigenvalue weighted by atomic mass is 16.7. The van der Waals surface area contributed by atoms with Crippen molar-refractivity contribution in [3.05, 3.63) is 11.6 Å². The number of carbonyl (C=O) groups excluding carboxylic acids is 3. The fraction of sp³-hybridized carbons (Fsp3) is 0.808. The Balaban J connectivity index is 1.40. The number of hydrogen-bond acceptors (Lipinski definition) is 6. The van der Waals surface area contributed by atoms with E-state index in [1.165, 1.54) is 19.4 Å². The fourth-order valence-electron chi connectivity index (χ4n) is 8.73. The lowest BCUT2D eigenvalue weighted by atomic mass is 9.47. The molecule has 0 aromatic heterocycles. The average molecular weight is 460 g/mol. The molecule has 0 aromatic carbocycles. The largest absolute Gasteiger partial charge is 0.462 e. The first-order valence-electron chi connectivity index (χ1n) is 12.5. The number of nitrogens with two attached hydrogens (primary N) is 1. The number of primary amides is 1. The molecule has 4 aliphatic carbocycles. The van der Waals surface area contributed by atoms with E-state index < -0.39 is 23.1 Å². The summed E-state index contributed by atoms with van der Waals surface area (Å²) in [5.41, 5.74) is 5.44. The molecule has 1 aliphatic heterocycles. The van der Waals surface area contributed by atoms with Crippen LogP contribution in [0.15, 0.2) is 11.6 Å². The summed E-state index contributed by atoms with van der Waals surface area (Å²) in [6.07, 6.45) is 10.1. The fourth-order valence-corrected chi connectivity index (χ4v) is 8.73.